The Labute approximate surface area is 94.6 Å². The van der Waals surface area contributed by atoms with E-state index in [0.717, 1.165) is 12.1 Å². The molecular weight excluding hydrogens is 279 g/mol. The van der Waals surface area contributed by atoms with Crippen LogP contribution in [0.25, 0.3) is 0 Å². The highest BCUT2D eigenvalue weighted by Crippen LogP contribution is 2.23. The van der Waals surface area contributed by atoms with Gasteiger partial charge in [0.1, 0.15) is 11.6 Å². The number of aliphatic hydroxyl groups is 1. The van der Waals surface area contributed by atoms with Crippen molar-refractivity contribution in [3.8, 4) is 0 Å². The molecule has 0 radical (unpaired) electrons. The second kappa shape index (κ2) is 5.60. The Balaban J connectivity index is 0.00000169. The summed E-state index contributed by atoms with van der Waals surface area (Å²) in [6.07, 6.45) is 0. The summed E-state index contributed by atoms with van der Waals surface area (Å²) < 4.78 is 26.5. The van der Waals surface area contributed by atoms with E-state index >= 15 is 0 Å². The molecule has 0 aromatic heterocycles. The maximum absolute atomic E-state index is 13.1. The molecule has 0 aliphatic rings. The van der Waals surface area contributed by atoms with Crippen molar-refractivity contribution in [2.45, 2.75) is 6.04 Å². The van der Waals surface area contributed by atoms with Crippen LogP contribution in [-0.2, 0) is 0 Å². The SMILES string of the molecule is Cl.N[C@H](CO)c1c(F)cc(Br)cc1F. The van der Waals surface area contributed by atoms with E-state index in [1.54, 1.807) is 0 Å². The van der Waals surface area contributed by atoms with Crippen LogP contribution in [0.4, 0.5) is 8.78 Å². The van der Waals surface area contributed by atoms with E-state index in [1.807, 2.05) is 0 Å². The zero-order valence-corrected chi connectivity index (χ0v) is 9.41. The highest BCUT2D eigenvalue weighted by Gasteiger charge is 2.16. The third-order valence-electron chi connectivity index (χ3n) is 1.61. The Hall–Kier alpha value is -0.230. The molecule has 1 aromatic rings. The second-order valence-electron chi connectivity index (χ2n) is 2.57. The molecule has 3 N–H and O–H groups in total. The maximum Gasteiger partial charge on any atom is 0.132 e. The molecule has 2 nitrogen and oxygen atoms in total. The topological polar surface area (TPSA) is 46.2 Å². The summed E-state index contributed by atoms with van der Waals surface area (Å²) in [5.41, 5.74) is 5.01. The molecule has 0 unspecified atom stereocenters. The van der Waals surface area contributed by atoms with Crippen molar-refractivity contribution >= 4 is 28.3 Å². The van der Waals surface area contributed by atoms with Gasteiger partial charge in [-0.15, -0.1) is 12.4 Å². The molecule has 0 amide bonds. The quantitative estimate of drug-likeness (QED) is 0.876. The first-order valence-corrected chi connectivity index (χ1v) is 4.36. The molecule has 1 rings (SSSR count). The van der Waals surface area contributed by atoms with Crippen LogP contribution in [0, 0.1) is 11.6 Å². The summed E-state index contributed by atoms with van der Waals surface area (Å²) in [6.45, 7) is -0.491. The van der Waals surface area contributed by atoms with E-state index in [1.165, 1.54) is 0 Å². The second-order valence-corrected chi connectivity index (χ2v) is 3.49. The largest absolute Gasteiger partial charge is 0.394 e. The van der Waals surface area contributed by atoms with Crippen LogP contribution in [0.2, 0.25) is 0 Å². The summed E-state index contributed by atoms with van der Waals surface area (Å²) in [5, 5.41) is 8.64. The lowest BCUT2D eigenvalue weighted by Crippen LogP contribution is -2.17. The highest BCUT2D eigenvalue weighted by atomic mass is 79.9. The third-order valence-corrected chi connectivity index (χ3v) is 2.07. The zero-order chi connectivity index (χ0) is 10.0. The third kappa shape index (κ3) is 2.88. The van der Waals surface area contributed by atoms with Crippen molar-refractivity contribution in [1.29, 1.82) is 0 Å². The highest BCUT2D eigenvalue weighted by molar-refractivity contribution is 9.10. The van der Waals surface area contributed by atoms with Gasteiger partial charge in [-0.1, -0.05) is 15.9 Å². The van der Waals surface area contributed by atoms with E-state index in [4.69, 9.17) is 10.8 Å². The minimum atomic E-state index is -1.02. The summed E-state index contributed by atoms with van der Waals surface area (Å²) in [6, 6.07) is 1.19. The molecule has 6 heteroatoms. The van der Waals surface area contributed by atoms with Crippen molar-refractivity contribution in [1.82, 2.24) is 0 Å². The minimum absolute atomic E-state index is 0. The Kier molecular flexibility index (Phi) is 5.51. The Morgan fingerprint density at radius 2 is 1.79 bits per heavy atom. The van der Waals surface area contributed by atoms with Gasteiger partial charge in [0.2, 0.25) is 0 Å². The zero-order valence-electron chi connectivity index (χ0n) is 7.01. The monoisotopic (exact) mass is 287 g/mol. The van der Waals surface area contributed by atoms with Gasteiger partial charge in [0, 0.05) is 10.0 Å². The number of hydrogen-bond donors (Lipinski definition) is 2. The van der Waals surface area contributed by atoms with Gasteiger partial charge in [-0.2, -0.15) is 0 Å². The van der Waals surface area contributed by atoms with Gasteiger partial charge >= 0.3 is 0 Å². The van der Waals surface area contributed by atoms with Gasteiger partial charge in [-0.3, -0.25) is 0 Å². The first kappa shape index (κ1) is 13.8. The molecule has 0 aliphatic heterocycles. The first-order valence-electron chi connectivity index (χ1n) is 3.57. The van der Waals surface area contributed by atoms with Crippen molar-refractivity contribution in [3.63, 3.8) is 0 Å². The normalized spacial score (nSPS) is 12.1. The lowest BCUT2D eigenvalue weighted by molar-refractivity contribution is 0.262. The van der Waals surface area contributed by atoms with E-state index in [9.17, 15) is 8.78 Å². The molecular formula is C8H9BrClF2NO. The fourth-order valence-corrected chi connectivity index (χ4v) is 1.40. The van der Waals surface area contributed by atoms with E-state index in [0.29, 0.717) is 4.47 Å². The molecule has 14 heavy (non-hydrogen) atoms. The van der Waals surface area contributed by atoms with Crippen LogP contribution in [0.3, 0.4) is 0 Å². The van der Waals surface area contributed by atoms with Gasteiger partial charge in [0.05, 0.1) is 12.6 Å². The smallest absolute Gasteiger partial charge is 0.132 e. The van der Waals surface area contributed by atoms with Crippen LogP contribution >= 0.6 is 28.3 Å². The Morgan fingerprint density at radius 1 is 1.36 bits per heavy atom. The van der Waals surface area contributed by atoms with Crippen molar-refractivity contribution in [2.75, 3.05) is 6.61 Å². The van der Waals surface area contributed by atoms with Gasteiger partial charge in [0.15, 0.2) is 0 Å². The van der Waals surface area contributed by atoms with Gasteiger partial charge < -0.3 is 10.8 Å². The Bertz CT molecular complexity index is 301. The summed E-state index contributed by atoms with van der Waals surface area (Å²) in [7, 11) is 0. The fraction of sp³-hybridized carbons (Fsp3) is 0.250. The molecule has 0 heterocycles. The average molecular weight is 289 g/mol. The molecule has 80 valence electrons. The summed E-state index contributed by atoms with van der Waals surface area (Å²) >= 11 is 2.93. The number of benzene rings is 1. The summed E-state index contributed by atoms with van der Waals surface area (Å²) in [4.78, 5) is 0. The molecule has 0 saturated heterocycles. The van der Waals surface area contributed by atoms with Crippen LogP contribution in [0.1, 0.15) is 11.6 Å². The molecule has 0 bridgehead atoms. The lowest BCUT2D eigenvalue weighted by Gasteiger charge is -2.10. The summed E-state index contributed by atoms with van der Waals surface area (Å²) in [5.74, 6) is -1.51. The van der Waals surface area contributed by atoms with Crippen molar-refractivity contribution in [2.24, 2.45) is 5.73 Å². The number of halogens is 4. The molecule has 0 fully saturated rings. The average Bonchev–Trinajstić information content (AvgIpc) is 2.02. The Morgan fingerprint density at radius 3 is 2.14 bits per heavy atom. The number of rotatable bonds is 2. The molecule has 1 aromatic carbocycles. The predicted molar refractivity (Wildman–Crippen MR) is 55.3 cm³/mol. The van der Waals surface area contributed by atoms with Crippen LogP contribution in [0.15, 0.2) is 16.6 Å². The minimum Gasteiger partial charge on any atom is -0.394 e. The number of aliphatic hydroxyl groups excluding tert-OH is 1. The van der Waals surface area contributed by atoms with Crippen LogP contribution in [0.5, 0.6) is 0 Å². The van der Waals surface area contributed by atoms with Gasteiger partial charge in [0.25, 0.3) is 0 Å². The van der Waals surface area contributed by atoms with E-state index in [2.05, 4.69) is 15.9 Å². The standard InChI is InChI=1S/C8H8BrF2NO.ClH/c9-4-1-5(10)8(6(11)2-4)7(12)3-13;/h1-2,7,13H,3,12H2;1H/t7-;/m1./s1. The van der Waals surface area contributed by atoms with E-state index < -0.39 is 24.3 Å². The molecule has 0 saturated carbocycles. The van der Waals surface area contributed by atoms with Gasteiger partial charge in [-0.05, 0) is 12.1 Å². The van der Waals surface area contributed by atoms with E-state index in [-0.39, 0.29) is 18.0 Å². The molecule has 0 spiro atoms. The first-order chi connectivity index (χ1) is 6.06. The molecule has 1 atom stereocenters. The number of nitrogens with two attached hydrogens (primary N) is 1. The predicted octanol–water partition coefficient (Wildman–Crippen LogP) is 2.14. The number of hydrogen-bond acceptors (Lipinski definition) is 2. The maximum atomic E-state index is 13.1. The van der Waals surface area contributed by atoms with Crippen LogP contribution in [-0.4, -0.2) is 11.7 Å². The lowest BCUT2D eigenvalue weighted by atomic mass is 10.1. The fourth-order valence-electron chi connectivity index (χ4n) is 0.999. The molecule has 0 aliphatic carbocycles. The van der Waals surface area contributed by atoms with Crippen LogP contribution < -0.4 is 5.73 Å². The van der Waals surface area contributed by atoms with Gasteiger partial charge in [-0.25, -0.2) is 8.78 Å². The van der Waals surface area contributed by atoms with Crippen molar-refractivity contribution < 1.29 is 13.9 Å². The van der Waals surface area contributed by atoms with Crippen molar-refractivity contribution in [3.05, 3.63) is 33.8 Å².